The molecule has 22 heavy (non-hydrogen) atoms. The van der Waals surface area contributed by atoms with Crippen LogP contribution in [0.1, 0.15) is 30.0 Å². The van der Waals surface area contributed by atoms with Gasteiger partial charge >= 0.3 is 6.03 Å². The van der Waals surface area contributed by atoms with E-state index in [0.29, 0.717) is 18.6 Å². The molecule has 3 aliphatic heterocycles. The molecule has 2 amide bonds. The number of rotatable bonds is 0. The minimum absolute atomic E-state index is 0.143. The van der Waals surface area contributed by atoms with Crippen LogP contribution in [0.5, 0.6) is 5.75 Å². The number of nitrogens with zero attached hydrogens (tertiary/aromatic N) is 1. The molecule has 3 heterocycles. The lowest BCUT2D eigenvalue weighted by molar-refractivity contribution is -0.0918. The quantitative estimate of drug-likeness (QED) is 0.782. The van der Waals surface area contributed by atoms with Crippen LogP contribution in [0.3, 0.4) is 0 Å². The van der Waals surface area contributed by atoms with Gasteiger partial charge in [0.25, 0.3) is 0 Å². The van der Waals surface area contributed by atoms with Gasteiger partial charge in [-0.3, -0.25) is 4.90 Å². The average Bonchev–Trinajstić information content (AvgIpc) is 2.45. The zero-order chi connectivity index (χ0) is 15.7. The fourth-order valence-electron chi connectivity index (χ4n) is 3.99. The van der Waals surface area contributed by atoms with Gasteiger partial charge in [-0.2, -0.15) is 0 Å². The van der Waals surface area contributed by atoms with Crippen LogP contribution < -0.4 is 10.1 Å². The number of sulfone groups is 1. The SMILES string of the molecule is Cc1ccc2c(c1)C1NC(=O)N(C)C3(CCCS(=O)(=O)C13)O2. The van der Waals surface area contributed by atoms with Gasteiger partial charge in [-0.05, 0) is 19.4 Å². The summed E-state index contributed by atoms with van der Waals surface area (Å²) in [6.45, 7) is 1.94. The van der Waals surface area contributed by atoms with E-state index in [4.69, 9.17) is 4.74 Å². The Balaban J connectivity index is 1.99. The molecule has 4 rings (SSSR count). The molecule has 0 aromatic heterocycles. The first-order valence-corrected chi connectivity index (χ1v) is 9.12. The number of amides is 2. The molecule has 1 N–H and O–H groups in total. The summed E-state index contributed by atoms with van der Waals surface area (Å²) in [5.74, 6) is 0.806. The van der Waals surface area contributed by atoms with E-state index in [9.17, 15) is 13.2 Å². The van der Waals surface area contributed by atoms with Gasteiger partial charge in [0.2, 0.25) is 5.72 Å². The first kappa shape index (κ1) is 13.9. The molecule has 0 saturated carbocycles. The molecule has 6 nitrogen and oxygen atoms in total. The summed E-state index contributed by atoms with van der Waals surface area (Å²) in [5.41, 5.74) is 0.676. The third kappa shape index (κ3) is 1.60. The topological polar surface area (TPSA) is 75.7 Å². The lowest BCUT2D eigenvalue weighted by Gasteiger charge is -2.57. The Bertz CT molecular complexity index is 776. The Morgan fingerprint density at radius 2 is 2.18 bits per heavy atom. The Kier molecular flexibility index (Phi) is 2.62. The summed E-state index contributed by atoms with van der Waals surface area (Å²) in [6, 6.07) is 4.87. The van der Waals surface area contributed by atoms with Crippen molar-refractivity contribution in [2.24, 2.45) is 0 Å². The van der Waals surface area contributed by atoms with Crippen molar-refractivity contribution in [2.45, 2.75) is 36.8 Å². The summed E-state index contributed by atoms with van der Waals surface area (Å²) in [7, 11) is -1.74. The number of hydrogen-bond donors (Lipinski definition) is 1. The molecule has 3 atom stereocenters. The molecular weight excluding hydrogens is 304 g/mol. The van der Waals surface area contributed by atoms with Crippen molar-refractivity contribution in [1.29, 1.82) is 0 Å². The Morgan fingerprint density at radius 1 is 1.41 bits per heavy atom. The van der Waals surface area contributed by atoms with Crippen molar-refractivity contribution in [3.8, 4) is 5.75 Å². The van der Waals surface area contributed by atoms with Gasteiger partial charge in [-0.25, -0.2) is 13.2 Å². The van der Waals surface area contributed by atoms with Gasteiger partial charge in [0, 0.05) is 19.0 Å². The van der Waals surface area contributed by atoms with Crippen molar-refractivity contribution in [3.63, 3.8) is 0 Å². The molecule has 3 unspecified atom stereocenters. The highest BCUT2D eigenvalue weighted by atomic mass is 32.2. The van der Waals surface area contributed by atoms with Crippen molar-refractivity contribution < 1.29 is 17.9 Å². The highest BCUT2D eigenvalue weighted by Gasteiger charge is 2.64. The van der Waals surface area contributed by atoms with Crippen LogP contribution >= 0.6 is 0 Å². The summed E-state index contributed by atoms with van der Waals surface area (Å²) >= 11 is 0. The Labute approximate surface area is 129 Å². The molecule has 0 spiro atoms. The molecule has 1 aromatic carbocycles. The summed E-state index contributed by atoms with van der Waals surface area (Å²) in [4.78, 5) is 13.7. The van der Waals surface area contributed by atoms with Crippen molar-refractivity contribution >= 4 is 15.9 Å². The lowest BCUT2D eigenvalue weighted by atomic mass is 9.85. The maximum atomic E-state index is 12.7. The van der Waals surface area contributed by atoms with Crippen molar-refractivity contribution in [1.82, 2.24) is 10.2 Å². The highest BCUT2D eigenvalue weighted by molar-refractivity contribution is 7.92. The molecule has 118 valence electrons. The van der Waals surface area contributed by atoms with Gasteiger partial charge in [-0.1, -0.05) is 17.7 Å². The van der Waals surface area contributed by atoms with Crippen LogP contribution in [0.4, 0.5) is 4.79 Å². The summed E-state index contributed by atoms with van der Waals surface area (Å²) in [6.07, 6.45) is 1.04. The number of aryl methyl sites for hydroxylation is 1. The second kappa shape index (κ2) is 4.16. The van der Waals surface area contributed by atoms with Crippen LogP contribution in [0.25, 0.3) is 0 Å². The third-order valence-corrected chi connectivity index (χ3v) is 7.31. The van der Waals surface area contributed by atoms with Gasteiger partial charge in [0.1, 0.15) is 11.0 Å². The smallest absolute Gasteiger partial charge is 0.320 e. The van der Waals surface area contributed by atoms with Crippen molar-refractivity contribution in [2.75, 3.05) is 12.8 Å². The first-order chi connectivity index (χ1) is 10.3. The van der Waals surface area contributed by atoms with Crippen LogP contribution in [0.15, 0.2) is 18.2 Å². The van der Waals surface area contributed by atoms with Crippen LogP contribution in [-0.4, -0.2) is 43.1 Å². The van der Waals surface area contributed by atoms with E-state index in [-0.39, 0.29) is 11.8 Å². The van der Waals surface area contributed by atoms with Crippen molar-refractivity contribution in [3.05, 3.63) is 29.3 Å². The largest absolute Gasteiger partial charge is 0.466 e. The maximum absolute atomic E-state index is 12.7. The zero-order valence-electron chi connectivity index (χ0n) is 12.5. The number of hydrogen-bond acceptors (Lipinski definition) is 4. The summed E-state index contributed by atoms with van der Waals surface area (Å²) in [5, 5.41) is 2.10. The number of fused-ring (bicyclic) bond motifs is 2. The second-order valence-electron chi connectivity index (χ2n) is 6.37. The second-order valence-corrected chi connectivity index (χ2v) is 8.61. The predicted octanol–water partition coefficient (Wildman–Crippen LogP) is 1.36. The number of benzene rings is 1. The molecule has 2 bridgehead atoms. The summed E-state index contributed by atoms with van der Waals surface area (Å²) < 4.78 is 31.6. The fraction of sp³-hybridized carbons (Fsp3) is 0.533. The lowest BCUT2D eigenvalue weighted by Crippen LogP contribution is -2.75. The fourth-order valence-corrected chi connectivity index (χ4v) is 6.31. The molecule has 0 aliphatic carbocycles. The number of urea groups is 1. The highest BCUT2D eigenvalue weighted by Crippen LogP contribution is 2.50. The molecule has 0 radical (unpaired) electrons. The van der Waals surface area contributed by atoms with E-state index in [2.05, 4.69) is 5.32 Å². The van der Waals surface area contributed by atoms with Gasteiger partial charge < -0.3 is 10.1 Å². The molecule has 3 aliphatic rings. The average molecular weight is 322 g/mol. The van der Waals surface area contributed by atoms with Crippen LogP contribution in [0, 0.1) is 6.92 Å². The number of carbonyl (C=O) groups excluding carboxylic acids is 1. The maximum Gasteiger partial charge on any atom is 0.320 e. The Hall–Kier alpha value is -1.76. The molecule has 2 fully saturated rings. The van der Waals surface area contributed by atoms with E-state index in [1.807, 2.05) is 25.1 Å². The Morgan fingerprint density at radius 3 is 2.95 bits per heavy atom. The first-order valence-electron chi connectivity index (χ1n) is 7.41. The standard InChI is InChI=1S/C15H18N2O4S/c1-9-4-5-11-10(8-9)12-13-15(21-11,17(2)14(18)16-12)6-3-7-22(13,19)20/h4-5,8,12-13H,3,6-7H2,1-2H3,(H,16,18). The zero-order valence-corrected chi connectivity index (χ0v) is 13.3. The van der Waals surface area contributed by atoms with E-state index < -0.39 is 26.9 Å². The molecular formula is C15H18N2O4S. The minimum atomic E-state index is -3.35. The molecule has 1 aromatic rings. The predicted molar refractivity (Wildman–Crippen MR) is 80.4 cm³/mol. The monoisotopic (exact) mass is 322 g/mol. The van der Waals surface area contributed by atoms with Gasteiger partial charge in [-0.15, -0.1) is 0 Å². The molecule has 2 saturated heterocycles. The van der Waals surface area contributed by atoms with E-state index in [1.54, 1.807) is 7.05 Å². The number of ether oxygens (including phenoxy) is 1. The van der Waals surface area contributed by atoms with Crippen LogP contribution in [0.2, 0.25) is 0 Å². The van der Waals surface area contributed by atoms with Gasteiger partial charge in [0.15, 0.2) is 9.84 Å². The van der Waals surface area contributed by atoms with Crippen LogP contribution in [-0.2, 0) is 9.84 Å². The number of nitrogens with one attached hydrogen (secondary N) is 1. The van der Waals surface area contributed by atoms with E-state index in [1.165, 1.54) is 4.90 Å². The number of carbonyl (C=O) groups is 1. The minimum Gasteiger partial charge on any atom is -0.466 e. The van der Waals surface area contributed by atoms with E-state index in [0.717, 1.165) is 11.1 Å². The third-order valence-electron chi connectivity index (χ3n) is 5.04. The normalized spacial score (nSPS) is 35.0. The van der Waals surface area contributed by atoms with Gasteiger partial charge in [0.05, 0.1) is 11.8 Å². The van der Waals surface area contributed by atoms with E-state index >= 15 is 0 Å². The molecule has 7 heteroatoms.